The molecule has 210 valence electrons. The maximum Gasteiger partial charge on any atom is 0.335 e. The van der Waals surface area contributed by atoms with Crippen molar-refractivity contribution in [1.82, 2.24) is 4.90 Å². The van der Waals surface area contributed by atoms with Crippen LogP contribution in [-0.2, 0) is 16.0 Å². The van der Waals surface area contributed by atoms with Crippen molar-refractivity contribution in [1.29, 1.82) is 0 Å². The second kappa shape index (κ2) is 15.5. The predicted octanol–water partition coefficient (Wildman–Crippen LogP) is 4.52. The molecule has 1 amide bonds. The number of hydrogen-bond acceptors (Lipinski definition) is 6. The summed E-state index contributed by atoms with van der Waals surface area (Å²) in [7, 11) is 5.72. The molecule has 3 rings (SSSR count). The zero-order valence-corrected chi connectivity index (χ0v) is 22.5. The highest BCUT2D eigenvalue weighted by atomic mass is 16.5. The number of anilines is 1. The number of ether oxygens (including phenoxy) is 1. The molecule has 0 radical (unpaired) electrons. The minimum atomic E-state index is -1.26. The van der Waals surface area contributed by atoms with Crippen molar-refractivity contribution in [3.05, 3.63) is 95.6 Å². The molecule has 0 bridgehead atoms. The molecule has 0 aliphatic rings. The van der Waals surface area contributed by atoms with E-state index in [1.807, 2.05) is 50.5 Å². The minimum absolute atomic E-state index is 0.180. The third-order valence-electron chi connectivity index (χ3n) is 5.57. The number of benzene rings is 3. The van der Waals surface area contributed by atoms with E-state index in [-0.39, 0.29) is 11.5 Å². The Labute approximate surface area is 232 Å². The molecule has 0 aliphatic carbocycles. The lowest BCUT2D eigenvalue weighted by Crippen LogP contribution is -2.14. The molecule has 0 fully saturated rings. The second-order valence-electron chi connectivity index (χ2n) is 8.86. The number of nitrogens with one attached hydrogen (secondary N) is 1. The largest absolute Gasteiger partial charge is 0.496 e. The predicted molar refractivity (Wildman–Crippen MR) is 151 cm³/mol. The van der Waals surface area contributed by atoms with Crippen LogP contribution in [0.2, 0.25) is 0 Å². The van der Waals surface area contributed by atoms with Gasteiger partial charge in [-0.3, -0.25) is 4.79 Å². The molecule has 3 aromatic rings. The number of methoxy groups -OCH3 is 1. The Kier molecular flexibility index (Phi) is 12.1. The summed E-state index contributed by atoms with van der Waals surface area (Å²) in [5, 5.41) is 27.6. The van der Waals surface area contributed by atoms with Crippen molar-refractivity contribution in [3.8, 4) is 16.9 Å². The van der Waals surface area contributed by atoms with Crippen LogP contribution < -0.4 is 10.1 Å². The number of nitrogens with zero attached hydrogens (tertiary/aromatic N) is 1. The summed E-state index contributed by atoms with van der Waals surface area (Å²) in [6.45, 7) is 0.963. The number of carboxylic acid groups (broad SMARTS) is 3. The average molecular weight is 549 g/mol. The van der Waals surface area contributed by atoms with E-state index < -0.39 is 17.9 Å². The van der Waals surface area contributed by atoms with Gasteiger partial charge in [-0.05, 0) is 92.6 Å². The van der Waals surface area contributed by atoms with Gasteiger partial charge in [-0.15, -0.1) is 0 Å². The van der Waals surface area contributed by atoms with Crippen LogP contribution in [0.1, 0.15) is 32.7 Å². The lowest BCUT2D eigenvalue weighted by Gasteiger charge is -2.13. The molecule has 0 atom stereocenters. The van der Waals surface area contributed by atoms with Gasteiger partial charge < -0.3 is 30.3 Å². The molecule has 0 saturated carbocycles. The first-order valence-corrected chi connectivity index (χ1v) is 12.2. The van der Waals surface area contributed by atoms with E-state index in [4.69, 9.17) is 20.1 Å². The molecule has 10 nitrogen and oxygen atoms in total. The monoisotopic (exact) mass is 548 g/mol. The summed E-state index contributed by atoms with van der Waals surface area (Å²) >= 11 is 0. The summed E-state index contributed by atoms with van der Waals surface area (Å²) in [6, 6.07) is 19.6. The number of carbonyl (C=O) groups is 4. The Morgan fingerprint density at radius 1 is 0.800 bits per heavy atom. The fraction of sp³-hybridized carbons (Fsp3) is 0.200. The molecule has 0 saturated heterocycles. The van der Waals surface area contributed by atoms with Gasteiger partial charge in [0.25, 0.3) is 5.91 Å². The molecule has 0 unspecified atom stereocenters. The van der Waals surface area contributed by atoms with Crippen molar-refractivity contribution < 1.29 is 39.2 Å². The van der Waals surface area contributed by atoms with Crippen molar-refractivity contribution >= 4 is 29.5 Å². The summed E-state index contributed by atoms with van der Waals surface area (Å²) in [4.78, 5) is 45.0. The van der Waals surface area contributed by atoms with E-state index in [2.05, 4.69) is 10.2 Å². The molecule has 0 aromatic heterocycles. The normalized spacial score (nSPS) is 10.5. The molecule has 0 aliphatic heterocycles. The van der Waals surface area contributed by atoms with Gasteiger partial charge in [-0.2, -0.15) is 0 Å². The molecule has 0 spiro atoms. The van der Waals surface area contributed by atoms with Gasteiger partial charge in [0.1, 0.15) is 5.75 Å². The van der Waals surface area contributed by atoms with Crippen LogP contribution in [0.3, 0.4) is 0 Å². The van der Waals surface area contributed by atoms with E-state index >= 15 is 0 Å². The van der Waals surface area contributed by atoms with Gasteiger partial charge >= 0.3 is 17.9 Å². The summed E-state index contributed by atoms with van der Waals surface area (Å²) in [5.74, 6) is -2.85. The fourth-order valence-electron chi connectivity index (χ4n) is 3.60. The van der Waals surface area contributed by atoms with Crippen molar-refractivity contribution in [3.63, 3.8) is 0 Å². The number of rotatable bonds is 11. The van der Waals surface area contributed by atoms with Crippen LogP contribution in [0, 0.1) is 0 Å². The fourth-order valence-corrected chi connectivity index (χ4v) is 3.60. The Balaban J connectivity index is 0.000000611. The first kappa shape index (κ1) is 31.3. The SMILES string of the molecule is COc1ccc(C(=O)Nc2ccc(-c3ccc(C(=O)O)cc3)cc2)cc1CCCN(C)C.O=C(O)C=CC(=O)O. The minimum Gasteiger partial charge on any atom is -0.496 e. The third-order valence-corrected chi connectivity index (χ3v) is 5.57. The Morgan fingerprint density at radius 2 is 1.32 bits per heavy atom. The molecule has 10 heteroatoms. The highest BCUT2D eigenvalue weighted by Gasteiger charge is 2.11. The van der Waals surface area contributed by atoms with Crippen molar-refractivity contribution in [2.45, 2.75) is 12.8 Å². The van der Waals surface area contributed by atoms with E-state index in [0.29, 0.717) is 23.4 Å². The molecular weight excluding hydrogens is 516 g/mol. The number of aromatic carboxylic acids is 1. The number of carbonyl (C=O) groups excluding carboxylic acids is 1. The molecule has 3 aromatic carbocycles. The quantitative estimate of drug-likeness (QED) is 0.253. The van der Waals surface area contributed by atoms with Gasteiger partial charge in [0, 0.05) is 23.4 Å². The van der Waals surface area contributed by atoms with Crippen LogP contribution in [0.25, 0.3) is 11.1 Å². The Hall–Kier alpha value is -4.96. The smallest absolute Gasteiger partial charge is 0.335 e. The zero-order valence-electron chi connectivity index (χ0n) is 22.5. The van der Waals surface area contributed by atoms with E-state index in [1.54, 1.807) is 37.4 Å². The number of aliphatic carboxylic acids is 2. The van der Waals surface area contributed by atoms with Gasteiger partial charge in [0.2, 0.25) is 0 Å². The number of carboxylic acids is 3. The third kappa shape index (κ3) is 10.4. The van der Waals surface area contributed by atoms with Crippen LogP contribution in [0.5, 0.6) is 5.75 Å². The van der Waals surface area contributed by atoms with Gasteiger partial charge in [-0.25, -0.2) is 14.4 Å². The maximum atomic E-state index is 12.8. The number of hydrogen-bond donors (Lipinski definition) is 4. The van der Waals surface area contributed by atoms with Crippen molar-refractivity contribution in [2.24, 2.45) is 0 Å². The topological polar surface area (TPSA) is 153 Å². The van der Waals surface area contributed by atoms with E-state index in [1.165, 1.54) is 0 Å². The number of aryl methyl sites for hydroxylation is 1. The van der Waals surface area contributed by atoms with Crippen LogP contribution in [0.4, 0.5) is 5.69 Å². The summed E-state index contributed by atoms with van der Waals surface area (Å²) < 4.78 is 5.45. The zero-order chi connectivity index (χ0) is 29.7. The first-order chi connectivity index (χ1) is 19.0. The number of amides is 1. The van der Waals surface area contributed by atoms with Crippen LogP contribution >= 0.6 is 0 Å². The highest BCUT2D eigenvalue weighted by Crippen LogP contribution is 2.24. The molecule has 0 heterocycles. The molecule has 40 heavy (non-hydrogen) atoms. The molecule has 4 N–H and O–H groups in total. The molecular formula is C30H32N2O8. The Bertz CT molecular complexity index is 1330. The lowest BCUT2D eigenvalue weighted by molar-refractivity contribution is -0.134. The van der Waals surface area contributed by atoms with Gasteiger partial charge in [0.05, 0.1) is 12.7 Å². The summed E-state index contributed by atoms with van der Waals surface area (Å²) in [6.07, 6.45) is 2.92. The highest BCUT2D eigenvalue weighted by molar-refractivity contribution is 6.04. The second-order valence-corrected chi connectivity index (χ2v) is 8.86. The van der Waals surface area contributed by atoms with Crippen LogP contribution in [-0.4, -0.2) is 71.8 Å². The summed E-state index contributed by atoms with van der Waals surface area (Å²) in [5.41, 5.74) is 4.38. The van der Waals surface area contributed by atoms with Crippen molar-refractivity contribution in [2.75, 3.05) is 33.1 Å². The van der Waals surface area contributed by atoms with E-state index in [0.717, 1.165) is 41.8 Å². The maximum absolute atomic E-state index is 12.8. The Morgan fingerprint density at radius 3 is 1.80 bits per heavy atom. The van der Waals surface area contributed by atoms with E-state index in [9.17, 15) is 19.2 Å². The average Bonchev–Trinajstić information content (AvgIpc) is 2.92. The van der Waals surface area contributed by atoms with Gasteiger partial charge in [0.15, 0.2) is 0 Å². The first-order valence-electron chi connectivity index (χ1n) is 12.2. The standard InChI is InChI=1S/C26H28N2O4.C4H4O4/c1-28(2)16-4-5-21-17-22(12-15-24(21)32-3)25(29)27-23-13-10-19(11-14-23)18-6-8-20(9-7-18)26(30)31;5-3(6)1-2-4(7)8/h6-15,17H,4-5,16H2,1-3H3,(H,27,29)(H,30,31);1-2H,(H,5,6)(H,7,8). The van der Waals surface area contributed by atoms with Gasteiger partial charge in [-0.1, -0.05) is 24.3 Å². The van der Waals surface area contributed by atoms with Crippen LogP contribution in [0.15, 0.2) is 78.9 Å². The lowest BCUT2D eigenvalue weighted by atomic mass is 10.0.